The predicted octanol–water partition coefficient (Wildman–Crippen LogP) is 3.23. The molecule has 1 aromatic rings. The Bertz CT molecular complexity index is 530. The Morgan fingerprint density at radius 1 is 1.17 bits per heavy atom. The Morgan fingerprint density at radius 3 is 2.04 bits per heavy atom. The Labute approximate surface area is 139 Å². The first-order chi connectivity index (χ1) is 10.7. The number of nitrogens with zero attached hydrogens (tertiary/aromatic N) is 1. The Balaban J connectivity index is 3.34. The van der Waals surface area contributed by atoms with E-state index in [9.17, 15) is 22.8 Å². The summed E-state index contributed by atoms with van der Waals surface area (Å²) < 4.78 is 50.1. The predicted molar refractivity (Wildman–Crippen MR) is 77.5 cm³/mol. The van der Waals surface area contributed by atoms with Crippen molar-refractivity contribution in [3.63, 3.8) is 0 Å². The van der Waals surface area contributed by atoms with Gasteiger partial charge in [0.15, 0.2) is 5.92 Å². The molecule has 0 aliphatic heterocycles. The molecule has 0 aromatic carbocycles. The topological polar surface area (TPSA) is 65.5 Å². The number of hydrogen-bond acceptors (Lipinski definition) is 5. The van der Waals surface area contributed by atoms with Crippen molar-refractivity contribution in [3.05, 3.63) is 28.5 Å². The molecule has 0 radical (unpaired) electrons. The third kappa shape index (κ3) is 5.19. The summed E-state index contributed by atoms with van der Waals surface area (Å²) in [7, 11) is 0. The molecule has 0 bridgehead atoms. The van der Waals surface area contributed by atoms with Gasteiger partial charge in [-0.15, -0.1) is 0 Å². The number of carbonyl (C=O) groups is 2. The van der Waals surface area contributed by atoms with E-state index in [0.29, 0.717) is 4.60 Å². The Kier molecular flexibility index (Phi) is 6.99. The molecular weight excluding hydrogens is 383 g/mol. The maximum absolute atomic E-state index is 13.5. The molecule has 23 heavy (non-hydrogen) atoms. The highest BCUT2D eigenvalue weighted by atomic mass is 79.9. The standard InChI is InChI=1S/C14H15BrF3NO4/c1-3-22-12(20)10(13(21)23-4-2)11(14(16,17)18)8-5-6-9(15)19-7-8/h5-7,10-11H,3-4H2,1-2H3. The summed E-state index contributed by atoms with van der Waals surface area (Å²) >= 11 is 3.01. The molecule has 0 fully saturated rings. The van der Waals surface area contributed by atoms with Crippen LogP contribution in [0.25, 0.3) is 0 Å². The van der Waals surface area contributed by atoms with Crippen LogP contribution in [0.2, 0.25) is 0 Å². The van der Waals surface area contributed by atoms with Crippen LogP contribution in [-0.4, -0.2) is 36.3 Å². The van der Waals surface area contributed by atoms with Gasteiger partial charge in [-0.25, -0.2) is 4.98 Å². The minimum atomic E-state index is -4.86. The third-order valence-electron chi connectivity index (χ3n) is 2.88. The largest absolute Gasteiger partial charge is 0.465 e. The first kappa shape index (κ1) is 19.4. The maximum Gasteiger partial charge on any atom is 0.397 e. The van der Waals surface area contributed by atoms with Gasteiger partial charge in [0.1, 0.15) is 10.5 Å². The van der Waals surface area contributed by atoms with Crippen LogP contribution in [0, 0.1) is 5.92 Å². The molecule has 1 atom stereocenters. The van der Waals surface area contributed by atoms with Gasteiger partial charge < -0.3 is 9.47 Å². The molecule has 0 spiro atoms. The molecule has 0 aliphatic carbocycles. The van der Waals surface area contributed by atoms with Crippen LogP contribution in [0.5, 0.6) is 0 Å². The minimum absolute atomic E-state index is 0.155. The lowest BCUT2D eigenvalue weighted by molar-refractivity contribution is -0.189. The number of alkyl halides is 3. The van der Waals surface area contributed by atoms with E-state index in [1.807, 2.05) is 0 Å². The smallest absolute Gasteiger partial charge is 0.397 e. The molecule has 0 saturated heterocycles. The molecule has 1 rings (SSSR count). The summed E-state index contributed by atoms with van der Waals surface area (Å²) in [5.74, 6) is -7.11. The first-order valence-corrected chi connectivity index (χ1v) is 7.53. The highest BCUT2D eigenvalue weighted by Crippen LogP contribution is 2.41. The minimum Gasteiger partial charge on any atom is -0.465 e. The van der Waals surface area contributed by atoms with Gasteiger partial charge in [-0.1, -0.05) is 6.07 Å². The van der Waals surface area contributed by atoms with Gasteiger partial charge in [0.25, 0.3) is 0 Å². The number of rotatable bonds is 6. The molecule has 5 nitrogen and oxygen atoms in total. The van der Waals surface area contributed by atoms with Crippen LogP contribution >= 0.6 is 15.9 Å². The van der Waals surface area contributed by atoms with Crippen LogP contribution < -0.4 is 0 Å². The fourth-order valence-corrected chi connectivity index (χ4v) is 2.21. The second kappa shape index (κ2) is 8.28. The molecule has 1 aromatic heterocycles. The number of aromatic nitrogens is 1. The van der Waals surface area contributed by atoms with Crippen molar-refractivity contribution >= 4 is 27.9 Å². The fourth-order valence-electron chi connectivity index (χ4n) is 1.97. The monoisotopic (exact) mass is 397 g/mol. The Hall–Kier alpha value is -1.64. The highest BCUT2D eigenvalue weighted by Gasteiger charge is 2.53. The number of hydrogen-bond donors (Lipinski definition) is 0. The van der Waals surface area contributed by atoms with Crippen LogP contribution in [0.1, 0.15) is 25.3 Å². The average molecular weight is 398 g/mol. The normalized spacial score (nSPS) is 12.8. The number of pyridine rings is 1. The lowest BCUT2D eigenvalue weighted by atomic mass is 9.86. The van der Waals surface area contributed by atoms with Gasteiger partial charge in [0.2, 0.25) is 0 Å². The van der Waals surface area contributed by atoms with Crippen LogP contribution in [0.15, 0.2) is 22.9 Å². The lowest BCUT2D eigenvalue weighted by Gasteiger charge is -2.26. The third-order valence-corrected chi connectivity index (χ3v) is 3.35. The van der Waals surface area contributed by atoms with Crippen molar-refractivity contribution in [3.8, 4) is 0 Å². The van der Waals surface area contributed by atoms with Crippen molar-refractivity contribution in [2.75, 3.05) is 13.2 Å². The zero-order valence-corrected chi connectivity index (χ0v) is 14.0. The van der Waals surface area contributed by atoms with E-state index in [1.165, 1.54) is 19.9 Å². The maximum atomic E-state index is 13.5. The van der Waals surface area contributed by atoms with Crippen molar-refractivity contribution in [1.29, 1.82) is 0 Å². The van der Waals surface area contributed by atoms with Crippen molar-refractivity contribution in [2.45, 2.75) is 25.9 Å². The molecule has 0 aliphatic rings. The molecule has 1 heterocycles. The van der Waals surface area contributed by atoms with E-state index in [4.69, 9.17) is 0 Å². The van der Waals surface area contributed by atoms with E-state index in [2.05, 4.69) is 30.4 Å². The molecule has 1 unspecified atom stereocenters. The van der Waals surface area contributed by atoms with E-state index in [-0.39, 0.29) is 18.8 Å². The van der Waals surface area contributed by atoms with E-state index >= 15 is 0 Å². The van der Waals surface area contributed by atoms with E-state index < -0.39 is 30.0 Å². The summed E-state index contributed by atoms with van der Waals surface area (Å²) in [5.41, 5.74) is -0.327. The van der Waals surface area contributed by atoms with Gasteiger partial charge in [-0.3, -0.25) is 9.59 Å². The summed E-state index contributed by atoms with van der Waals surface area (Å²) in [6, 6.07) is 2.43. The van der Waals surface area contributed by atoms with Crippen LogP contribution in [-0.2, 0) is 19.1 Å². The van der Waals surface area contributed by atoms with Gasteiger partial charge in [0, 0.05) is 6.20 Å². The molecule has 0 N–H and O–H groups in total. The summed E-state index contributed by atoms with van der Waals surface area (Å²) in [6.45, 7) is 2.56. The molecule has 0 amide bonds. The summed E-state index contributed by atoms with van der Waals surface area (Å²) in [4.78, 5) is 27.6. The highest BCUT2D eigenvalue weighted by molar-refractivity contribution is 9.10. The molecular formula is C14H15BrF3NO4. The SMILES string of the molecule is CCOC(=O)C(C(=O)OCC)C(c1ccc(Br)nc1)C(F)(F)F. The van der Waals surface area contributed by atoms with Gasteiger partial charge >= 0.3 is 18.1 Å². The second-order valence-corrected chi connectivity index (χ2v) is 5.23. The molecule has 9 heteroatoms. The van der Waals surface area contributed by atoms with E-state index in [0.717, 1.165) is 12.3 Å². The van der Waals surface area contributed by atoms with Crippen molar-refractivity contribution in [2.24, 2.45) is 5.92 Å². The summed E-state index contributed by atoms with van der Waals surface area (Å²) in [6.07, 6.45) is -3.91. The Morgan fingerprint density at radius 2 is 1.70 bits per heavy atom. The summed E-state index contributed by atoms with van der Waals surface area (Å²) in [5, 5.41) is 0. The average Bonchev–Trinajstić information content (AvgIpc) is 2.45. The zero-order valence-electron chi connectivity index (χ0n) is 12.4. The number of carbonyl (C=O) groups excluding carboxylic acids is 2. The zero-order chi connectivity index (χ0) is 17.6. The fraction of sp³-hybridized carbons (Fsp3) is 0.500. The van der Waals surface area contributed by atoms with Gasteiger partial charge in [-0.05, 0) is 41.4 Å². The number of halogens is 4. The van der Waals surface area contributed by atoms with Crippen molar-refractivity contribution in [1.82, 2.24) is 4.98 Å². The second-order valence-electron chi connectivity index (χ2n) is 4.42. The number of esters is 2. The van der Waals surface area contributed by atoms with Gasteiger partial charge in [0.05, 0.1) is 13.2 Å². The van der Waals surface area contributed by atoms with Crippen LogP contribution in [0.4, 0.5) is 13.2 Å². The molecule has 128 valence electrons. The molecule has 0 saturated carbocycles. The number of ether oxygens (including phenoxy) is 2. The van der Waals surface area contributed by atoms with Gasteiger partial charge in [-0.2, -0.15) is 13.2 Å². The van der Waals surface area contributed by atoms with E-state index in [1.54, 1.807) is 0 Å². The first-order valence-electron chi connectivity index (χ1n) is 6.73. The van der Waals surface area contributed by atoms with Crippen LogP contribution in [0.3, 0.4) is 0 Å². The lowest BCUT2D eigenvalue weighted by Crippen LogP contribution is -2.40. The van der Waals surface area contributed by atoms with Crippen molar-refractivity contribution < 1.29 is 32.2 Å². The quantitative estimate of drug-likeness (QED) is 0.418.